The van der Waals surface area contributed by atoms with Crippen molar-refractivity contribution in [1.29, 1.82) is 0 Å². The highest BCUT2D eigenvalue weighted by Crippen LogP contribution is 2.05. The second-order valence-corrected chi connectivity index (χ2v) is 3.96. The van der Waals surface area contributed by atoms with Crippen LogP contribution in [0.5, 0.6) is 0 Å². The smallest absolute Gasteiger partial charge is 0.347 e. The van der Waals surface area contributed by atoms with Gasteiger partial charge in [-0.15, -0.1) is 0 Å². The van der Waals surface area contributed by atoms with Crippen molar-refractivity contribution >= 4 is 17.6 Å². The Morgan fingerprint density at radius 3 is 2.72 bits per heavy atom. The fourth-order valence-corrected chi connectivity index (χ4v) is 1.53. The van der Waals surface area contributed by atoms with Gasteiger partial charge in [-0.3, -0.25) is 9.55 Å². The van der Waals surface area contributed by atoms with Crippen LogP contribution in [-0.4, -0.2) is 25.6 Å². The highest BCUT2D eigenvalue weighted by atomic mass is 35.5. The van der Waals surface area contributed by atoms with Crippen LogP contribution in [-0.2, 0) is 6.54 Å². The van der Waals surface area contributed by atoms with Crippen molar-refractivity contribution in [3.63, 3.8) is 0 Å². The molecule has 0 saturated carbocycles. The van der Waals surface area contributed by atoms with Crippen LogP contribution in [0, 0.1) is 0 Å². The van der Waals surface area contributed by atoms with Crippen LogP contribution in [0.3, 0.4) is 0 Å². The zero-order valence-electron chi connectivity index (χ0n) is 9.08. The zero-order chi connectivity index (χ0) is 13.1. The number of carboxylic acid groups (broad SMARTS) is 1. The summed E-state index contributed by atoms with van der Waals surface area (Å²) in [5.41, 5.74) is 0.199. The summed E-state index contributed by atoms with van der Waals surface area (Å²) in [6, 6.07) is 2.96. The summed E-state index contributed by atoms with van der Waals surface area (Å²) in [6.45, 7) is 0.187. The number of nitrogens with zero attached hydrogens (tertiary/aromatic N) is 3. The molecule has 0 aliphatic heterocycles. The van der Waals surface area contributed by atoms with Crippen molar-refractivity contribution in [2.75, 3.05) is 0 Å². The summed E-state index contributed by atoms with van der Waals surface area (Å²) in [5.74, 6) is -1.05. The van der Waals surface area contributed by atoms with E-state index in [4.69, 9.17) is 16.7 Å². The van der Waals surface area contributed by atoms with Crippen molar-refractivity contribution in [2.45, 2.75) is 6.54 Å². The standard InChI is InChI=1S/C11H8ClN3O3/c12-8-4-14-11(18)15(5-8)6-9-2-1-7(3-13-9)10(16)17/h1-5H,6H2,(H,16,17). The Morgan fingerprint density at radius 1 is 1.33 bits per heavy atom. The Hall–Kier alpha value is -2.21. The number of carbonyl (C=O) groups is 1. The molecule has 2 heterocycles. The normalized spacial score (nSPS) is 10.3. The van der Waals surface area contributed by atoms with E-state index in [2.05, 4.69) is 9.97 Å². The molecular formula is C11H8ClN3O3. The maximum atomic E-state index is 11.4. The predicted molar refractivity (Wildman–Crippen MR) is 63.8 cm³/mol. The van der Waals surface area contributed by atoms with E-state index in [1.54, 1.807) is 0 Å². The largest absolute Gasteiger partial charge is 0.478 e. The van der Waals surface area contributed by atoms with Gasteiger partial charge in [0.05, 0.1) is 29.0 Å². The van der Waals surface area contributed by atoms with E-state index in [1.165, 1.54) is 35.3 Å². The molecule has 2 aromatic heterocycles. The van der Waals surface area contributed by atoms with Crippen LogP contribution in [0.15, 0.2) is 35.5 Å². The molecule has 0 spiro atoms. The SMILES string of the molecule is O=C(O)c1ccc(Cn2cc(Cl)cnc2=O)nc1. The number of halogens is 1. The molecule has 7 heteroatoms. The molecule has 0 amide bonds. The molecule has 0 radical (unpaired) electrons. The number of hydrogen-bond acceptors (Lipinski definition) is 4. The molecule has 0 bridgehead atoms. The third-order valence-corrected chi connectivity index (χ3v) is 2.42. The second kappa shape index (κ2) is 4.97. The van der Waals surface area contributed by atoms with Crippen LogP contribution in [0.25, 0.3) is 0 Å². The first kappa shape index (κ1) is 12.3. The van der Waals surface area contributed by atoms with E-state index in [9.17, 15) is 9.59 Å². The van der Waals surface area contributed by atoms with Gasteiger partial charge in [0.25, 0.3) is 0 Å². The summed E-state index contributed by atoms with van der Waals surface area (Å²) in [6.07, 6.45) is 3.95. The van der Waals surface area contributed by atoms with Crippen LogP contribution < -0.4 is 5.69 Å². The van der Waals surface area contributed by atoms with Crippen molar-refractivity contribution < 1.29 is 9.90 Å². The highest BCUT2D eigenvalue weighted by molar-refractivity contribution is 6.30. The van der Waals surface area contributed by atoms with Crippen molar-refractivity contribution in [1.82, 2.24) is 14.5 Å². The van der Waals surface area contributed by atoms with Crippen molar-refractivity contribution in [3.05, 3.63) is 57.5 Å². The zero-order valence-corrected chi connectivity index (χ0v) is 9.83. The Kier molecular flexibility index (Phi) is 3.38. The molecule has 18 heavy (non-hydrogen) atoms. The second-order valence-electron chi connectivity index (χ2n) is 3.53. The molecule has 2 rings (SSSR count). The van der Waals surface area contributed by atoms with Gasteiger partial charge in [0, 0.05) is 12.4 Å². The fourth-order valence-electron chi connectivity index (χ4n) is 1.36. The molecule has 2 aromatic rings. The molecule has 92 valence electrons. The minimum atomic E-state index is -1.05. The van der Waals surface area contributed by atoms with Gasteiger partial charge in [-0.25, -0.2) is 14.6 Å². The van der Waals surface area contributed by atoms with Gasteiger partial charge in [0.1, 0.15) is 0 Å². The molecule has 0 aliphatic rings. The predicted octanol–water partition coefficient (Wildman–Crippen LogP) is 1.04. The molecule has 0 saturated heterocycles. The number of pyridine rings is 1. The highest BCUT2D eigenvalue weighted by Gasteiger charge is 2.05. The number of aromatic carboxylic acids is 1. The topological polar surface area (TPSA) is 85.1 Å². The molecular weight excluding hydrogens is 258 g/mol. The Balaban J connectivity index is 2.26. The third-order valence-electron chi connectivity index (χ3n) is 2.23. The summed E-state index contributed by atoms with van der Waals surface area (Å²) in [7, 11) is 0. The monoisotopic (exact) mass is 265 g/mol. The first-order chi connectivity index (χ1) is 8.56. The van der Waals surface area contributed by atoms with Crippen LogP contribution in [0.2, 0.25) is 5.02 Å². The van der Waals surface area contributed by atoms with Gasteiger partial charge in [0.2, 0.25) is 0 Å². The molecule has 0 fully saturated rings. The summed E-state index contributed by atoms with van der Waals surface area (Å²) >= 11 is 5.73. The lowest BCUT2D eigenvalue weighted by Gasteiger charge is -2.04. The molecule has 0 unspecified atom stereocenters. The molecule has 6 nitrogen and oxygen atoms in total. The first-order valence-electron chi connectivity index (χ1n) is 4.96. The number of carboxylic acids is 1. The minimum absolute atomic E-state index is 0.0929. The van der Waals surface area contributed by atoms with Crippen molar-refractivity contribution in [3.8, 4) is 0 Å². The van der Waals surface area contributed by atoms with E-state index in [-0.39, 0.29) is 12.1 Å². The van der Waals surface area contributed by atoms with E-state index >= 15 is 0 Å². The van der Waals surface area contributed by atoms with E-state index < -0.39 is 11.7 Å². The van der Waals surface area contributed by atoms with E-state index in [0.717, 1.165) is 0 Å². The maximum absolute atomic E-state index is 11.4. The Bertz CT molecular complexity index is 637. The lowest BCUT2D eigenvalue weighted by Crippen LogP contribution is -2.22. The fraction of sp³-hybridized carbons (Fsp3) is 0.0909. The quantitative estimate of drug-likeness (QED) is 0.896. The van der Waals surface area contributed by atoms with Gasteiger partial charge < -0.3 is 5.11 Å². The summed E-state index contributed by atoms with van der Waals surface area (Å²) in [4.78, 5) is 29.6. The first-order valence-corrected chi connectivity index (χ1v) is 5.34. The Morgan fingerprint density at radius 2 is 2.11 bits per heavy atom. The van der Waals surface area contributed by atoms with E-state index in [0.29, 0.717) is 10.7 Å². The molecule has 0 aromatic carbocycles. The maximum Gasteiger partial charge on any atom is 0.347 e. The van der Waals surface area contributed by atoms with Gasteiger partial charge in [-0.2, -0.15) is 0 Å². The average Bonchev–Trinajstić information content (AvgIpc) is 2.34. The van der Waals surface area contributed by atoms with E-state index in [1.807, 2.05) is 0 Å². The average molecular weight is 266 g/mol. The molecule has 1 N–H and O–H groups in total. The lowest BCUT2D eigenvalue weighted by molar-refractivity contribution is 0.0696. The van der Waals surface area contributed by atoms with Crippen molar-refractivity contribution in [2.24, 2.45) is 0 Å². The van der Waals surface area contributed by atoms with Gasteiger partial charge >= 0.3 is 11.7 Å². The van der Waals surface area contributed by atoms with Gasteiger partial charge in [-0.05, 0) is 12.1 Å². The molecule has 0 aliphatic carbocycles. The van der Waals surface area contributed by atoms with Crippen LogP contribution in [0.1, 0.15) is 16.1 Å². The number of rotatable bonds is 3. The third kappa shape index (κ3) is 2.72. The van der Waals surface area contributed by atoms with Crippen LogP contribution >= 0.6 is 11.6 Å². The summed E-state index contributed by atoms with van der Waals surface area (Å²) in [5, 5.41) is 9.07. The minimum Gasteiger partial charge on any atom is -0.478 e. The lowest BCUT2D eigenvalue weighted by atomic mass is 10.2. The summed E-state index contributed by atoms with van der Waals surface area (Å²) < 4.78 is 1.30. The number of hydrogen-bond donors (Lipinski definition) is 1. The van der Waals surface area contributed by atoms with Gasteiger partial charge in [-0.1, -0.05) is 11.6 Å². The van der Waals surface area contributed by atoms with Gasteiger partial charge in [0.15, 0.2) is 0 Å². The Labute approximate surface area is 107 Å². The molecule has 0 atom stereocenters. The number of aromatic nitrogens is 3. The van der Waals surface area contributed by atoms with Crippen LogP contribution in [0.4, 0.5) is 0 Å².